The van der Waals surface area contributed by atoms with Gasteiger partial charge in [-0.15, -0.1) is 0 Å². The molecule has 6 heteroatoms. The maximum atomic E-state index is 5.48. The van der Waals surface area contributed by atoms with E-state index in [2.05, 4.69) is 49.2 Å². The van der Waals surface area contributed by atoms with Gasteiger partial charge in [0, 0.05) is 37.8 Å². The molecule has 0 amide bonds. The standard InChI is InChI=1S/C18H25N5O/c1-14-20-18-7-6-16(13-23(18)21-14)19-12-15-4-2-3-5-17(15)22-8-10-24-11-9-22/h2-5,16,19H,6-13H2,1H3. The van der Waals surface area contributed by atoms with E-state index in [0.29, 0.717) is 6.04 Å². The summed E-state index contributed by atoms with van der Waals surface area (Å²) in [5, 5.41) is 8.21. The summed E-state index contributed by atoms with van der Waals surface area (Å²) in [7, 11) is 0. The molecule has 2 aliphatic heterocycles. The van der Waals surface area contributed by atoms with E-state index in [0.717, 1.165) is 63.9 Å². The van der Waals surface area contributed by atoms with E-state index in [-0.39, 0.29) is 0 Å². The molecule has 1 fully saturated rings. The second kappa shape index (κ2) is 6.91. The summed E-state index contributed by atoms with van der Waals surface area (Å²) in [5.74, 6) is 2.00. The lowest BCUT2D eigenvalue weighted by atomic mass is 10.1. The molecule has 1 unspecified atom stereocenters. The first-order chi connectivity index (χ1) is 11.8. The third-order valence-electron chi connectivity index (χ3n) is 4.89. The van der Waals surface area contributed by atoms with Crippen molar-refractivity contribution in [1.29, 1.82) is 0 Å². The topological polar surface area (TPSA) is 55.2 Å². The van der Waals surface area contributed by atoms with Crippen molar-refractivity contribution in [2.75, 3.05) is 31.2 Å². The molecule has 2 aliphatic rings. The summed E-state index contributed by atoms with van der Waals surface area (Å²) in [5.41, 5.74) is 2.70. The van der Waals surface area contributed by atoms with E-state index in [1.165, 1.54) is 11.3 Å². The van der Waals surface area contributed by atoms with Gasteiger partial charge >= 0.3 is 0 Å². The molecule has 24 heavy (non-hydrogen) atoms. The van der Waals surface area contributed by atoms with Crippen LogP contribution in [-0.4, -0.2) is 47.1 Å². The second-order valence-electron chi connectivity index (χ2n) is 6.60. The molecule has 3 heterocycles. The van der Waals surface area contributed by atoms with Crippen LogP contribution < -0.4 is 10.2 Å². The minimum absolute atomic E-state index is 0.455. The molecule has 0 aliphatic carbocycles. The van der Waals surface area contributed by atoms with Crippen molar-refractivity contribution in [3.63, 3.8) is 0 Å². The van der Waals surface area contributed by atoms with Gasteiger partial charge in [-0.1, -0.05) is 18.2 Å². The molecule has 1 saturated heterocycles. The SMILES string of the molecule is Cc1nc2n(n1)CC(NCc1ccccc1N1CCOCC1)CC2. The van der Waals surface area contributed by atoms with Gasteiger partial charge in [-0.25, -0.2) is 9.67 Å². The van der Waals surface area contributed by atoms with Gasteiger partial charge in [0.05, 0.1) is 19.8 Å². The number of hydrogen-bond acceptors (Lipinski definition) is 5. The van der Waals surface area contributed by atoms with Gasteiger partial charge in [0.15, 0.2) is 0 Å². The van der Waals surface area contributed by atoms with Crippen molar-refractivity contribution >= 4 is 5.69 Å². The first-order valence-electron chi connectivity index (χ1n) is 8.84. The van der Waals surface area contributed by atoms with E-state index in [9.17, 15) is 0 Å². The van der Waals surface area contributed by atoms with Gasteiger partial charge in [-0.2, -0.15) is 5.10 Å². The number of ether oxygens (including phenoxy) is 1. The average Bonchev–Trinajstić information content (AvgIpc) is 3.00. The van der Waals surface area contributed by atoms with Crippen molar-refractivity contribution < 1.29 is 4.74 Å². The van der Waals surface area contributed by atoms with Crippen LogP contribution in [0.1, 0.15) is 23.6 Å². The molecule has 0 bridgehead atoms. The number of anilines is 1. The molecular formula is C18H25N5O. The lowest BCUT2D eigenvalue weighted by Gasteiger charge is -2.31. The van der Waals surface area contributed by atoms with Crippen molar-refractivity contribution in [3.8, 4) is 0 Å². The normalized spacial score (nSPS) is 20.9. The zero-order valence-electron chi connectivity index (χ0n) is 14.2. The Balaban J connectivity index is 1.41. The fourth-order valence-corrected chi connectivity index (χ4v) is 3.63. The number of nitrogens with one attached hydrogen (secondary N) is 1. The molecule has 128 valence electrons. The minimum atomic E-state index is 0.455. The molecule has 1 atom stereocenters. The fourth-order valence-electron chi connectivity index (χ4n) is 3.63. The van der Waals surface area contributed by atoms with Gasteiger partial charge in [0.25, 0.3) is 0 Å². The molecule has 4 rings (SSSR count). The van der Waals surface area contributed by atoms with Crippen molar-refractivity contribution in [3.05, 3.63) is 41.5 Å². The van der Waals surface area contributed by atoms with E-state index in [1.54, 1.807) is 0 Å². The van der Waals surface area contributed by atoms with Crippen molar-refractivity contribution in [2.24, 2.45) is 0 Å². The Bertz CT molecular complexity index is 692. The monoisotopic (exact) mass is 327 g/mol. The third kappa shape index (κ3) is 3.30. The van der Waals surface area contributed by atoms with Crippen LogP contribution in [0.3, 0.4) is 0 Å². The van der Waals surface area contributed by atoms with Crippen LogP contribution in [0.2, 0.25) is 0 Å². The number of rotatable bonds is 4. The number of para-hydroxylation sites is 1. The van der Waals surface area contributed by atoms with Crippen LogP contribution in [-0.2, 0) is 24.2 Å². The van der Waals surface area contributed by atoms with Crippen LogP contribution in [0.15, 0.2) is 24.3 Å². The van der Waals surface area contributed by atoms with Crippen molar-refractivity contribution in [1.82, 2.24) is 20.1 Å². The number of hydrogen-bond donors (Lipinski definition) is 1. The van der Waals surface area contributed by atoms with Gasteiger partial charge in [0.1, 0.15) is 11.6 Å². The fraction of sp³-hybridized carbons (Fsp3) is 0.556. The van der Waals surface area contributed by atoms with Crippen LogP contribution in [0.5, 0.6) is 0 Å². The summed E-state index contributed by atoms with van der Waals surface area (Å²) in [4.78, 5) is 6.92. The highest BCUT2D eigenvalue weighted by Crippen LogP contribution is 2.22. The molecule has 1 N–H and O–H groups in total. The smallest absolute Gasteiger partial charge is 0.147 e. The maximum absolute atomic E-state index is 5.48. The van der Waals surface area contributed by atoms with Gasteiger partial charge in [-0.3, -0.25) is 0 Å². The Labute approximate surface area is 142 Å². The predicted octanol–water partition coefficient (Wildman–Crippen LogP) is 1.53. The highest BCUT2D eigenvalue weighted by atomic mass is 16.5. The molecule has 0 radical (unpaired) electrons. The number of benzene rings is 1. The average molecular weight is 327 g/mol. The van der Waals surface area contributed by atoms with Crippen LogP contribution >= 0.6 is 0 Å². The van der Waals surface area contributed by atoms with Gasteiger partial charge in [-0.05, 0) is 25.0 Å². The first-order valence-corrected chi connectivity index (χ1v) is 8.84. The van der Waals surface area contributed by atoms with E-state index in [1.807, 2.05) is 6.92 Å². The number of morpholine rings is 1. The molecule has 1 aromatic carbocycles. The minimum Gasteiger partial charge on any atom is -0.378 e. The zero-order valence-corrected chi connectivity index (χ0v) is 14.2. The Morgan fingerprint density at radius 3 is 2.96 bits per heavy atom. The van der Waals surface area contributed by atoms with Crippen LogP contribution in [0.4, 0.5) is 5.69 Å². The quantitative estimate of drug-likeness (QED) is 0.923. The summed E-state index contributed by atoms with van der Waals surface area (Å²) in [6.45, 7) is 7.35. The highest BCUT2D eigenvalue weighted by Gasteiger charge is 2.21. The second-order valence-corrected chi connectivity index (χ2v) is 6.60. The summed E-state index contributed by atoms with van der Waals surface area (Å²) < 4.78 is 7.54. The molecule has 2 aromatic rings. The van der Waals surface area contributed by atoms with Gasteiger partial charge < -0.3 is 15.0 Å². The zero-order chi connectivity index (χ0) is 16.4. The Morgan fingerprint density at radius 1 is 1.25 bits per heavy atom. The van der Waals surface area contributed by atoms with E-state index >= 15 is 0 Å². The van der Waals surface area contributed by atoms with E-state index in [4.69, 9.17) is 4.74 Å². The lowest BCUT2D eigenvalue weighted by molar-refractivity contribution is 0.122. The van der Waals surface area contributed by atoms with E-state index < -0.39 is 0 Å². The highest BCUT2D eigenvalue weighted by molar-refractivity contribution is 5.53. The maximum Gasteiger partial charge on any atom is 0.147 e. The molecular weight excluding hydrogens is 302 g/mol. The number of fused-ring (bicyclic) bond motifs is 1. The van der Waals surface area contributed by atoms with Crippen molar-refractivity contribution in [2.45, 2.75) is 38.9 Å². The molecule has 1 aromatic heterocycles. The predicted molar refractivity (Wildman–Crippen MR) is 93.2 cm³/mol. The Hall–Kier alpha value is -1.92. The van der Waals surface area contributed by atoms with Crippen LogP contribution in [0.25, 0.3) is 0 Å². The summed E-state index contributed by atoms with van der Waals surface area (Å²) in [6, 6.07) is 9.16. The third-order valence-corrected chi connectivity index (χ3v) is 4.89. The lowest BCUT2D eigenvalue weighted by Crippen LogP contribution is -2.39. The largest absolute Gasteiger partial charge is 0.378 e. The first kappa shape index (κ1) is 15.6. The number of aryl methyl sites for hydroxylation is 2. The molecule has 6 nitrogen and oxygen atoms in total. The van der Waals surface area contributed by atoms with Gasteiger partial charge in [0.2, 0.25) is 0 Å². The summed E-state index contributed by atoms with van der Waals surface area (Å²) >= 11 is 0. The Morgan fingerprint density at radius 2 is 2.08 bits per heavy atom. The number of nitrogens with zero attached hydrogens (tertiary/aromatic N) is 4. The molecule has 0 spiro atoms. The number of aromatic nitrogens is 3. The Kier molecular flexibility index (Phi) is 4.49. The summed E-state index contributed by atoms with van der Waals surface area (Å²) in [6.07, 6.45) is 2.13. The van der Waals surface area contributed by atoms with Crippen LogP contribution in [0, 0.1) is 6.92 Å². The molecule has 0 saturated carbocycles.